The molecule has 0 radical (unpaired) electrons. The maximum absolute atomic E-state index is 5.39. The summed E-state index contributed by atoms with van der Waals surface area (Å²) in [5.41, 5.74) is 2.88. The van der Waals surface area contributed by atoms with Gasteiger partial charge in [0, 0.05) is 19.9 Å². The van der Waals surface area contributed by atoms with Crippen LogP contribution in [0.3, 0.4) is 0 Å². The first-order valence-electron chi connectivity index (χ1n) is 8.00. The van der Waals surface area contributed by atoms with E-state index < -0.39 is 0 Å². The largest absolute Gasteiger partial charge is 0.367 e. The Morgan fingerprint density at radius 1 is 1.33 bits per heavy atom. The summed E-state index contributed by atoms with van der Waals surface area (Å²) in [6.45, 7) is 4.85. The Morgan fingerprint density at radius 2 is 2.10 bits per heavy atom. The molecule has 1 aliphatic rings. The minimum atomic E-state index is -0.103. The minimum absolute atomic E-state index is 0.103. The molecule has 1 N–H and O–H groups in total. The van der Waals surface area contributed by atoms with Crippen LogP contribution in [0.15, 0.2) is 10.1 Å². The van der Waals surface area contributed by atoms with Gasteiger partial charge in [0.15, 0.2) is 0 Å². The molecule has 0 spiro atoms. The maximum atomic E-state index is 5.39. The maximum Gasteiger partial charge on any atom is 0.220 e. The fourth-order valence-electron chi connectivity index (χ4n) is 2.26. The molecule has 0 aromatic heterocycles. The number of aliphatic imine (C=N–C) groups is 1. The van der Waals surface area contributed by atoms with Crippen molar-refractivity contribution in [2.45, 2.75) is 65.0 Å². The van der Waals surface area contributed by atoms with Gasteiger partial charge < -0.3 is 9.74 Å². The van der Waals surface area contributed by atoms with Crippen LogP contribution in [-0.2, 0) is 9.68 Å². The molecule has 0 bridgehead atoms. The molecule has 1 heterocycles. The van der Waals surface area contributed by atoms with E-state index in [2.05, 4.69) is 29.5 Å². The number of likely N-dealkylation sites (N-methyl/N-ethyl adjacent to an activating group) is 1. The Labute approximate surface area is 128 Å². The Kier molecular flexibility index (Phi) is 8.82. The van der Waals surface area contributed by atoms with Crippen LogP contribution in [0.2, 0.25) is 0 Å². The smallest absolute Gasteiger partial charge is 0.220 e. The predicted molar refractivity (Wildman–Crippen MR) is 86.2 cm³/mol. The van der Waals surface area contributed by atoms with E-state index in [1.54, 1.807) is 7.11 Å². The van der Waals surface area contributed by atoms with E-state index in [0.717, 1.165) is 30.9 Å². The molecule has 0 saturated carbocycles. The van der Waals surface area contributed by atoms with Crippen molar-refractivity contribution in [1.29, 1.82) is 0 Å². The highest BCUT2D eigenvalue weighted by Crippen LogP contribution is 2.12. The average molecular weight is 298 g/mol. The molecule has 6 heteroatoms. The summed E-state index contributed by atoms with van der Waals surface area (Å²) in [5, 5.41) is 4.06. The van der Waals surface area contributed by atoms with Gasteiger partial charge >= 0.3 is 0 Å². The van der Waals surface area contributed by atoms with Gasteiger partial charge in [-0.3, -0.25) is 15.3 Å². The lowest BCUT2D eigenvalue weighted by molar-refractivity contribution is 0.0275. The van der Waals surface area contributed by atoms with Crippen molar-refractivity contribution in [3.63, 3.8) is 0 Å². The van der Waals surface area contributed by atoms with Crippen LogP contribution in [-0.4, -0.2) is 43.5 Å². The third-order valence-electron chi connectivity index (χ3n) is 3.61. The van der Waals surface area contributed by atoms with Crippen molar-refractivity contribution >= 4 is 11.7 Å². The number of hydrogen-bond acceptors (Lipinski definition) is 5. The van der Waals surface area contributed by atoms with E-state index in [1.165, 1.54) is 25.7 Å². The molecule has 1 unspecified atom stereocenters. The topological polar surface area (TPSA) is 58.5 Å². The summed E-state index contributed by atoms with van der Waals surface area (Å²) in [6.07, 6.45) is 7.92. The lowest BCUT2D eigenvalue weighted by Gasteiger charge is -2.18. The molecule has 0 saturated heterocycles. The standard InChI is InChI=1S/C15H30N4O2/c1-5-7-8-9-10-11-13(17-20-4)16-12-15-19(3)14(6-2)18-21-15/h15H,5-12H2,1-4H3,(H,16,17). The van der Waals surface area contributed by atoms with Gasteiger partial charge in [-0.05, 0) is 6.42 Å². The number of hydrogen-bond donors (Lipinski definition) is 1. The molecule has 0 aromatic carbocycles. The van der Waals surface area contributed by atoms with E-state index in [4.69, 9.17) is 9.68 Å². The predicted octanol–water partition coefficient (Wildman–Crippen LogP) is 2.91. The van der Waals surface area contributed by atoms with Crippen molar-refractivity contribution in [3.8, 4) is 0 Å². The molecule has 1 rings (SSSR count). The first-order valence-corrected chi connectivity index (χ1v) is 8.00. The van der Waals surface area contributed by atoms with E-state index in [0.29, 0.717) is 6.54 Å². The quantitative estimate of drug-likeness (QED) is 0.291. The molecule has 1 atom stereocenters. The molecular weight excluding hydrogens is 268 g/mol. The van der Waals surface area contributed by atoms with E-state index in [-0.39, 0.29) is 6.23 Å². The number of nitrogens with zero attached hydrogens (tertiary/aromatic N) is 3. The summed E-state index contributed by atoms with van der Waals surface area (Å²) in [5.74, 6) is 1.85. The number of amidine groups is 2. The van der Waals surface area contributed by atoms with Gasteiger partial charge in [-0.25, -0.2) is 0 Å². The van der Waals surface area contributed by atoms with Crippen molar-refractivity contribution in [1.82, 2.24) is 10.4 Å². The first kappa shape index (κ1) is 17.8. The minimum Gasteiger partial charge on any atom is -0.367 e. The van der Waals surface area contributed by atoms with Crippen molar-refractivity contribution in [2.75, 3.05) is 20.7 Å². The van der Waals surface area contributed by atoms with E-state index >= 15 is 0 Å². The van der Waals surface area contributed by atoms with Crippen LogP contribution in [0, 0.1) is 0 Å². The fourth-order valence-corrected chi connectivity index (χ4v) is 2.26. The van der Waals surface area contributed by atoms with Gasteiger partial charge in [0.25, 0.3) is 0 Å². The van der Waals surface area contributed by atoms with Gasteiger partial charge in [-0.1, -0.05) is 44.7 Å². The molecule has 6 nitrogen and oxygen atoms in total. The molecule has 0 aliphatic carbocycles. The lowest BCUT2D eigenvalue weighted by atomic mass is 10.1. The van der Waals surface area contributed by atoms with Gasteiger partial charge in [0.2, 0.25) is 6.23 Å². The average Bonchev–Trinajstić information content (AvgIpc) is 2.84. The Bertz CT molecular complexity index is 345. The number of oxime groups is 1. The number of hydroxylamine groups is 1. The molecule has 1 aliphatic heterocycles. The second-order valence-electron chi connectivity index (χ2n) is 5.29. The lowest BCUT2D eigenvalue weighted by Crippen LogP contribution is -2.35. The fraction of sp³-hybridized carbons (Fsp3) is 0.867. The van der Waals surface area contributed by atoms with Gasteiger partial charge in [0.05, 0.1) is 13.7 Å². The SMILES string of the molecule is CCCCCCCC(=NCC1ON=C(CC)N1C)NOC. The van der Waals surface area contributed by atoms with Crippen LogP contribution < -0.4 is 5.48 Å². The second kappa shape index (κ2) is 10.4. The van der Waals surface area contributed by atoms with Gasteiger partial charge in [-0.2, -0.15) is 0 Å². The zero-order valence-corrected chi connectivity index (χ0v) is 13.9. The van der Waals surface area contributed by atoms with Crippen LogP contribution >= 0.6 is 0 Å². The number of nitrogens with one attached hydrogen (secondary N) is 1. The highest BCUT2D eigenvalue weighted by Gasteiger charge is 2.24. The Hall–Kier alpha value is -1.30. The van der Waals surface area contributed by atoms with Crippen LogP contribution in [0.1, 0.15) is 58.8 Å². The Balaban J connectivity index is 2.34. The zero-order valence-electron chi connectivity index (χ0n) is 13.9. The summed E-state index contributed by atoms with van der Waals surface area (Å²) in [7, 11) is 3.60. The van der Waals surface area contributed by atoms with E-state index in [1.807, 2.05) is 11.9 Å². The second-order valence-corrected chi connectivity index (χ2v) is 5.29. The molecule has 0 amide bonds. The van der Waals surface area contributed by atoms with E-state index in [9.17, 15) is 0 Å². The van der Waals surface area contributed by atoms with Gasteiger partial charge in [0.1, 0.15) is 11.7 Å². The molecule has 0 fully saturated rings. The third kappa shape index (κ3) is 6.33. The van der Waals surface area contributed by atoms with Crippen molar-refractivity contribution in [2.24, 2.45) is 10.1 Å². The Morgan fingerprint density at radius 3 is 2.71 bits per heavy atom. The number of unbranched alkanes of at least 4 members (excludes halogenated alkanes) is 4. The first-order chi connectivity index (χ1) is 10.2. The summed E-state index contributed by atoms with van der Waals surface area (Å²) < 4.78 is 0. The molecule has 122 valence electrons. The molecule has 21 heavy (non-hydrogen) atoms. The van der Waals surface area contributed by atoms with Crippen LogP contribution in [0.4, 0.5) is 0 Å². The molecular formula is C15H30N4O2. The normalized spacial score (nSPS) is 18.7. The van der Waals surface area contributed by atoms with Crippen molar-refractivity contribution < 1.29 is 9.68 Å². The summed E-state index contributed by atoms with van der Waals surface area (Å²) in [6, 6.07) is 0. The summed E-state index contributed by atoms with van der Waals surface area (Å²) in [4.78, 5) is 17.0. The summed E-state index contributed by atoms with van der Waals surface area (Å²) >= 11 is 0. The molecule has 0 aromatic rings. The van der Waals surface area contributed by atoms with Crippen LogP contribution in [0.25, 0.3) is 0 Å². The van der Waals surface area contributed by atoms with Gasteiger partial charge in [-0.15, -0.1) is 0 Å². The number of rotatable bonds is 10. The third-order valence-corrected chi connectivity index (χ3v) is 3.61. The highest BCUT2D eigenvalue weighted by molar-refractivity contribution is 5.83. The highest BCUT2D eigenvalue weighted by atomic mass is 16.7. The monoisotopic (exact) mass is 298 g/mol. The zero-order chi connectivity index (χ0) is 15.5. The van der Waals surface area contributed by atoms with Crippen LogP contribution in [0.5, 0.6) is 0 Å². The van der Waals surface area contributed by atoms with Crippen molar-refractivity contribution in [3.05, 3.63) is 0 Å².